The van der Waals surface area contributed by atoms with Gasteiger partial charge in [0, 0.05) is 33.6 Å². The number of carbonyl (C=O) groups is 4. The maximum atomic E-state index is 13.8. The van der Waals surface area contributed by atoms with Gasteiger partial charge in [0.1, 0.15) is 17.8 Å². The van der Waals surface area contributed by atoms with Crippen LogP contribution in [0.3, 0.4) is 0 Å². The zero-order valence-electron chi connectivity index (χ0n) is 26.2. The van der Waals surface area contributed by atoms with Crippen LogP contribution in [0.1, 0.15) is 53.6 Å². The van der Waals surface area contributed by atoms with Crippen molar-refractivity contribution in [3.63, 3.8) is 0 Å². The van der Waals surface area contributed by atoms with Crippen molar-refractivity contribution in [2.24, 2.45) is 0 Å². The Morgan fingerprint density at radius 2 is 1.49 bits per heavy atom. The van der Waals surface area contributed by atoms with Crippen molar-refractivity contribution >= 4 is 23.6 Å². The molecule has 0 aliphatic carbocycles. The van der Waals surface area contributed by atoms with Gasteiger partial charge >= 0.3 is 0 Å². The van der Waals surface area contributed by atoms with E-state index >= 15 is 0 Å². The standard InChI is InChI=1S/C36H44N4O5/c1-39-23-13-3-4-14-24-45-32-20-12-11-19-29(32)34(42)38-30(35(43)37-22-21-27-15-7-5-8-16-27)26-33(41)40(2)31(36(39)44)25-28-17-9-6-10-18-28/h5-12,15-20,30-31H,3-4,13-14,21-26H2,1-2H3,(H,37,43)(H,38,42)/t30-,31-/m0/s1. The lowest BCUT2D eigenvalue weighted by Crippen LogP contribution is -2.53. The summed E-state index contributed by atoms with van der Waals surface area (Å²) in [7, 11) is 3.36. The molecule has 0 saturated carbocycles. The number of fused-ring (bicyclic) bond motifs is 1. The van der Waals surface area contributed by atoms with E-state index in [1.54, 1.807) is 43.3 Å². The summed E-state index contributed by atoms with van der Waals surface area (Å²) in [6, 6.07) is 24.3. The molecule has 2 atom stereocenters. The zero-order chi connectivity index (χ0) is 32.0. The number of rotatable bonds is 6. The van der Waals surface area contributed by atoms with Crippen LogP contribution >= 0.6 is 0 Å². The lowest BCUT2D eigenvalue weighted by atomic mass is 10.0. The minimum Gasteiger partial charge on any atom is -0.493 e. The highest BCUT2D eigenvalue weighted by molar-refractivity contribution is 6.01. The third-order valence-corrected chi connectivity index (χ3v) is 8.13. The molecule has 0 fully saturated rings. The van der Waals surface area contributed by atoms with Crippen molar-refractivity contribution in [2.75, 3.05) is 33.8 Å². The Labute approximate surface area is 265 Å². The normalized spacial score (nSPS) is 19.0. The van der Waals surface area contributed by atoms with E-state index in [4.69, 9.17) is 4.74 Å². The second-order valence-corrected chi connectivity index (χ2v) is 11.5. The summed E-state index contributed by atoms with van der Waals surface area (Å²) in [5, 5.41) is 5.67. The van der Waals surface area contributed by atoms with Crippen LogP contribution in [-0.4, -0.2) is 79.3 Å². The van der Waals surface area contributed by atoms with Gasteiger partial charge in [-0.05, 0) is 42.5 Å². The molecule has 45 heavy (non-hydrogen) atoms. The average molecular weight is 613 g/mol. The quantitative estimate of drug-likeness (QED) is 0.438. The van der Waals surface area contributed by atoms with Crippen molar-refractivity contribution in [1.82, 2.24) is 20.4 Å². The molecule has 4 rings (SSSR count). The number of hydrogen-bond acceptors (Lipinski definition) is 5. The number of amides is 4. The largest absolute Gasteiger partial charge is 0.493 e. The van der Waals surface area contributed by atoms with Crippen LogP contribution in [0.4, 0.5) is 0 Å². The van der Waals surface area contributed by atoms with Gasteiger partial charge in [-0.15, -0.1) is 0 Å². The van der Waals surface area contributed by atoms with E-state index in [0.717, 1.165) is 36.8 Å². The Balaban J connectivity index is 1.59. The van der Waals surface area contributed by atoms with Crippen LogP contribution < -0.4 is 15.4 Å². The molecule has 9 nitrogen and oxygen atoms in total. The predicted molar refractivity (Wildman–Crippen MR) is 174 cm³/mol. The van der Waals surface area contributed by atoms with Gasteiger partial charge in [-0.2, -0.15) is 0 Å². The Hall–Kier alpha value is -4.66. The fourth-order valence-corrected chi connectivity index (χ4v) is 5.39. The Kier molecular flexibility index (Phi) is 12.5. The van der Waals surface area contributed by atoms with Gasteiger partial charge in [-0.3, -0.25) is 19.2 Å². The molecule has 238 valence electrons. The SMILES string of the molecule is CN1CCCCCCOc2ccccc2C(=O)N[C@H](C(=O)NCCc2ccccc2)CC(=O)N(C)[C@@H](Cc2ccccc2)C1=O. The Bertz CT molecular complexity index is 1420. The van der Waals surface area contributed by atoms with Gasteiger partial charge in [0.15, 0.2) is 0 Å². The molecule has 1 aliphatic rings. The predicted octanol–water partition coefficient (Wildman–Crippen LogP) is 4.01. The number of ether oxygens (including phenoxy) is 1. The molecule has 0 spiro atoms. The molecular formula is C36H44N4O5. The summed E-state index contributed by atoms with van der Waals surface area (Å²) in [5.41, 5.74) is 2.27. The van der Waals surface area contributed by atoms with E-state index in [-0.39, 0.29) is 12.3 Å². The van der Waals surface area contributed by atoms with Crippen LogP contribution in [0.25, 0.3) is 0 Å². The maximum absolute atomic E-state index is 13.8. The summed E-state index contributed by atoms with van der Waals surface area (Å²) >= 11 is 0. The second kappa shape index (κ2) is 17.0. The van der Waals surface area contributed by atoms with Gasteiger partial charge < -0.3 is 25.2 Å². The highest BCUT2D eigenvalue weighted by Gasteiger charge is 2.33. The first-order valence-corrected chi connectivity index (χ1v) is 15.7. The van der Waals surface area contributed by atoms with E-state index in [1.165, 1.54) is 4.90 Å². The van der Waals surface area contributed by atoms with Gasteiger partial charge in [0.05, 0.1) is 18.6 Å². The fourth-order valence-electron chi connectivity index (χ4n) is 5.39. The monoisotopic (exact) mass is 612 g/mol. The van der Waals surface area contributed by atoms with Crippen molar-refractivity contribution in [3.05, 3.63) is 102 Å². The minimum atomic E-state index is -1.17. The first kappa shape index (κ1) is 33.2. The van der Waals surface area contributed by atoms with Gasteiger partial charge in [0.2, 0.25) is 17.7 Å². The summed E-state index contributed by atoms with van der Waals surface area (Å²) in [6.07, 6.45) is 4.06. The summed E-state index contributed by atoms with van der Waals surface area (Å²) in [5.74, 6) is -1.15. The van der Waals surface area contributed by atoms with E-state index in [1.807, 2.05) is 60.7 Å². The topological polar surface area (TPSA) is 108 Å². The van der Waals surface area contributed by atoms with Crippen LogP contribution in [-0.2, 0) is 27.2 Å². The van der Waals surface area contributed by atoms with Crippen molar-refractivity contribution in [2.45, 2.75) is 57.0 Å². The lowest BCUT2D eigenvalue weighted by molar-refractivity contribution is -0.144. The molecule has 1 aliphatic heterocycles. The Morgan fingerprint density at radius 3 is 2.22 bits per heavy atom. The molecule has 0 bridgehead atoms. The molecule has 9 heteroatoms. The number of nitrogens with one attached hydrogen (secondary N) is 2. The molecule has 0 aromatic heterocycles. The number of benzene rings is 3. The zero-order valence-corrected chi connectivity index (χ0v) is 26.2. The molecule has 0 radical (unpaired) electrons. The average Bonchev–Trinajstić information content (AvgIpc) is 3.06. The van der Waals surface area contributed by atoms with Crippen LogP contribution in [0.5, 0.6) is 5.75 Å². The lowest BCUT2D eigenvalue weighted by Gasteiger charge is -2.32. The third kappa shape index (κ3) is 9.93. The molecular weight excluding hydrogens is 568 g/mol. The molecule has 0 unspecified atom stereocenters. The summed E-state index contributed by atoms with van der Waals surface area (Å²) in [4.78, 5) is 57.7. The van der Waals surface area contributed by atoms with Gasteiger partial charge in [0.25, 0.3) is 5.91 Å². The number of nitrogens with zero attached hydrogens (tertiary/aromatic N) is 2. The van der Waals surface area contributed by atoms with Crippen LogP contribution in [0.15, 0.2) is 84.9 Å². The van der Waals surface area contributed by atoms with E-state index < -0.39 is 29.8 Å². The third-order valence-electron chi connectivity index (χ3n) is 8.13. The Morgan fingerprint density at radius 1 is 0.844 bits per heavy atom. The number of hydrogen-bond donors (Lipinski definition) is 2. The van der Waals surface area contributed by atoms with Crippen LogP contribution in [0.2, 0.25) is 0 Å². The molecule has 4 amide bonds. The molecule has 3 aromatic carbocycles. The van der Waals surface area contributed by atoms with Crippen molar-refractivity contribution in [3.8, 4) is 5.75 Å². The number of carbonyl (C=O) groups excluding carboxylic acids is 4. The number of para-hydroxylation sites is 1. The van der Waals surface area contributed by atoms with Gasteiger partial charge in [-0.1, -0.05) is 85.6 Å². The second-order valence-electron chi connectivity index (χ2n) is 11.5. The maximum Gasteiger partial charge on any atom is 0.255 e. The molecule has 2 N–H and O–H groups in total. The first-order valence-electron chi connectivity index (χ1n) is 15.7. The van der Waals surface area contributed by atoms with Crippen LogP contribution in [0, 0.1) is 0 Å². The fraction of sp³-hybridized carbons (Fsp3) is 0.389. The highest BCUT2D eigenvalue weighted by Crippen LogP contribution is 2.20. The highest BCUT2D eigenvalue weighted by atomic mass is 16.5. The summed E-state index contributed by atoms with van der Waals surface area (Å²) in [6.45, 7) is 1.34. The smallest absolute Gasteiger partial charge is 0.255 e. The summed E-state index contributed by atoms with van der Waals surface area (Å²) < 4.78 is 5.96. The van der Waals surface area contributed by atoms with E-state index in [0.29, 0.717) is 43.9 Å². The van der Waals surface area contributed by atoms with Crippen molar-refractivity contribution in [1.29, 1.82) is 0 Å². The van der Waals surface area contributed by atoms with Gasteiger partial charge in [-0.25, -0.2) is 0 Å². The first-order chi connectivity index (χ1) is 21.8. The molecule has 0 saturated heterocycles. The van der Waals surface area contributed by atoms with E-state index in [2.05, 4.69) is 10.6 Å². The van der Waals surface area contributed by atoms with E-state index in [9.17, 15) is 19.2 Å². The molecule has 1 heterocycles. The molecule has 3 aromatic rings. The van der Waals surface area contributed by atoms with Crippen molar-refractivity contribution < 1.29 is 23.9 Å². The minimum absolute atomic E-state index is 0.166. The number of likely N-dealkylation sites (N-methyl/N-ethyl adjacent to an activating group) is 2.